The van der Waals surface area contributed by atoms with Gasteiger partial charge in [0.2, 0.25) is 9.84 Å². The Morgan fingerprint density at radius 2 is 1.31 bits per heavy atom. The van der Waals surface area contributed by atoms with Crippen molar-refractivity contribution in [3.63, 3.8) is 0 Å². The molecule has 0 aromatic heterocycles. The molecule has 0 aliphatic carbocycles. The van der Waals surface area contributed by atoms with Gasteiger partial charge in [0.05, 0.1) is 10.9 Å². The van der Waals surface area contributed by atoms with Crippen LogP contribution in [0.15, 0.2) is 107 Å². The third-order valence-electron chi connectivity index (χ3n) is 4.91. The normalized spacial score (nSPS) is 17.0. The molecule has 146 valence electrons. The van der Waals surface area contributed by atoms with Crippen LogP contribution in [0, 0.1) is 0 Å². The lowest BCUT2D eigenvalue weighted by molar-refractivity contribution is -0.130. The van der Waals surface area contributed by atoms with Crippen LogP contribution in [-0.4, -0.2) is 24.3 Å². The molecule has 0 radical (unpaired) electrons. The molecule has 1 aliphatic rings. The number of hydrogen-bond donors (Lipinski definition) is 1. The highest BCUT2D eigenvalue weighted by molar-refractivity contribution is 7.95. The third-order valence-corrected chi connectivity index (χ3v) is 6.80. The van der Waals surface area contributed by atoms with Crippen LogP contribution in [-0.2, 0) is 21.2 Å². The van der Waals surface area contributed by atoms with E-state index in [0.29, 0.717) is 5.56 Å². The summed E-state index contributed by atoms with van der Waals surface area (Å²) in [6, 6.07) is 25.1. The van der Waals surface area contributed by atoms with Crippen molar-refractivity contribution in [1.82, 2.24) is 4.90 Å². The van der Waals surface area contributed by atoms with Gasteiger partial charge >= 0.3 is 0 Å². The summed E-state index contributed by atoms with van der Waals surface area (Å²) in [5.41, 5.74) is 1.46. The summed E-state index contributed by atoms with van der Waals surface area (Å²) in [6.45, 7) is 0.178. The predicted octanol–water partition coefficient (Wildman–Crippen LogP) is 4.01. The molecule has 1 N–H and O–H groups in total. The molecule has 6 heteroatoms. The Morgan fingerprint density at radius 3 is 1.90 bits per heavy atom. The van der Waals surface area contributed by atoms with E-state index in [4.69, 9.17) is 0 Å². The number of benzene rings is 3. The lowest BCUT2D eigenvalue weighted by Crippen LogP contribution is -2.30. The van der Waals surface area contributed by atoms with Gasteiger partial charge in [-0.15, -0.1) is 0 Å². The molecule has 29 heavy (non-hydrogen) atoms. The molecule has 4 rings (SSSR count). The number of carbonyl (C=O) groups is 1. The monoisotopic (exact) mass is 405 g/mol. The smallest absolute Gasteiger partial charge is 0.290 e. The van der Waals surface area contributed by atoms with Gasteiger partial charge in [-0.1, -0.05) is 78.9 Å². The predicted molar refractivity (Wildman–Crippen MR) is 109 cm³/mol. The van der Waals surface area contributed by atoms with E-state index in [1.165, 1.54) is 17.0 Å². The second-order valence-corrected chi connectivity index (χ2v) is 8.68. The Bertz CT molecular complexity index is 1160. The average Bonchev–Trinajstić information content (AvgIpc) is 3.01. The summed E-state index contributed by atoms with van der Waals surface area (Å²) >= 11 is 0. The molecule has 1 amide bonds. The van der Waals surface area contributed by atoms with Crippen LogP contribution in [0.3, 0.4) is 0 Å². The van der Waals surface area contributed by atoms with Crippen LogP contribution in [0.5, 0.6) is 0 Å². The standard InChI is InChI=1S/C23H19NO4S/c25-21-22(29(27,28)19-14-8-3-9-15-19)20(18-12-6-2-7-13-18)24(23(21)26)16-17-10-4-1-5-11-17/h1-15,20,25H,16H2. The summed E-state index contributed by atoms with van der Waals surface area (Å²) in [5, 5.41) is 10.6. The molecule has 0 spiro atoms. The van der Waals surface area contributed by atoms with Crippen LogP contribution in [0.4, 0.5) is 0 Å². The Labute approximate surface area is 169 Å². The Morgan fingerprint density at radius 1 is 0.793 bits per heavy atom. The van der Waals surface area contributed by atoms with Gasteiger partial charge in [0.1, 0.15) is 4.91 Å². The summed E-state index contributed by atoms with van der Waals surface area (Å²) in [4.78, 5) is 14.1. The van der Waals surface area contributed by atoms with Crippen LogP contribution in [0.1, 0.15) is 17.2 Å². The fourth-order valence-electron chi connectivity index (χ4n) is 3.54. The topological polar surface area (TPSA) is 74.7 Å². The molecule has 0 saturated heterocycles. The number of carbonyl (C=O) groups excluding carboxylic acids is 1. The summed E-state index contributed by atoms with van der Waals surface area (Å²) in [7, 11) is -4.08. The summed E-state index contributed by atoms with van der Waals surface area (Å²) in [5.74, 6) is -1.42. The second-order valence-electron chi connectivity index (χ2n) is 6.76. The van der Waals surface area contributed by atoms with E-state index in [2.05, 4.69) is 0 Å². The minimum atomic E-state index is -4.08. The molecule has 1 atom stereocenters. The van der Waals surface area contributed by atoms with Crippen molar-refractivity contribution < 1.29 is 18.3 Å². The van der Waals surface area contributed by atoms with Crippen molar-refractivity contribution in [3.8, 4) is 0 Å². The van der Waals surface area contributed by atoms with Crippen molar-refractivity contribution in [2.75, 3.05) is 0 Å². The molecule has 0 saturated carbocycles. The Hall–Kier alpha value is -3.38. The minimum absolute atomic E-state index is 0.0387. The Balaban J connectivity index is 1.86. The van der Waals surface area contributed by atoms with Gasteiger partial charge in [-0.25, -0.2) is 8.42 Å². The van der Waals surface area contributed by atoms with Gasteiger partial charge < -0.3 is 10.0 Å². The van der Waals surface area contributed by atoms with Crippen molar-refractivity contribution in [3.05, 3.63) is 113 Å². The van der Waals surface area contributed by atoms with Crippen LogP contribution >= 0.6 is 0 Å². The minimum Gasteiger partial charge on any atom is -0.502 e. The summed E-state index contributed by atoms with van der Waals surface area (Å²) < 4.78 is 26.8. The molecular weight excluding hydrogens is 386 g/mol. The maximum Gasteiger partial charge on any atom is 0.290 e. The SMILES string of the molecule is O=C1C(O)=C(S(=O)(=O)c2ccccc2)C(c2ccccc2)N1Cc1ccccc1. The molecular formula is C23H19NO4S. The van der Waals surface area contributed by atoms with Crippen molar-refractivity contribution in [2.24, 2.45) is 0 Å². The first-order valence-corrected chi connectivity index (χ1v) is 10.6. The maximum atomic E-state index is 13.4. The van der Waals surface area contributed by atoms with Gasteiger partial charge in [0, 0.05) is 6.54 Å². The number of rotatable bonds is 5. The number of amides is 1. The zero-order valence-corrected chi connectivity index (χ0v) is 16.3. The first kappa shape index (κ1) is 19.0. The third kappa shape index (κ3) is 3.43. The van der Waals surface area contributed by atoms with Gasteiger partial charge in [-0.3, -0.25) is 4.79 Å². The molecule has 1 unspecified atom stereocenters. The number of aliphatic hydroxyl groups is 1. The van der Waals surface area contributed by atoms with Crippen LogP contribution < -0.4 is 0 Å². The van der Waals surface area contributed by atoms with Crippen LogP contribution in [0.25, 0.3) is 0 Å². The van der Waals surface area contributed by atoms with E-state index in [0.717, 1.165) is 5.56 Å². The second kappa shape index (κ2) is 7.56. The molecule has 5 nitrogen and oxygen atoms in total. The molecule has 1 aliphatic heterocycles. The first-order valence-electron chi connectivity index (χ1n) is 9.13. The first-order chi connectivity index (χ1) is 14.0. The van der Waals surface area contributed by atoms with E-state index >= 15 is 0 Å². The zero-order chi connectivity index (χ0) is 20.4. The molecule has 0 fully saturated rings. The van der Waals surface area contributed by atoms with Gasteiger partial charge in [-0.05, 0) is 23.3 Å². The van der Waals surface area contributed by atoms with Crippen molar-refractivity contribution >= 4 is 15.7 Å². The van der Waals surface area contributed by atoms with E-state index in [9.17, 15) is 18.3 Å². The lowest BCUT2D eigenvalue weighted by atomic mass is 10.1. The van der Waals surface area contributed by atoms with Gasteiger partial charge in [-0.2, -0.15) is 0 Å². The molecule has 0 bridgehead atoms. The van der Waals surface area contributed by atoms with Crippen LogP contribution in [0.2, 0.25) is 0 Å². The number of hydrogen-bond acceptors (Lipinski definition) is 4. The number of aliphatic hydroxyl groups excluding tert-OH is 1. The van der Waals surface area contributed by atoms with E-state index < -0.39 is 27.5 Å². The molecule has 3 aromatic carbocycles. The van der Waals surface area contributed by atoms with Gasteiger partial charge in [0.15, 0.2) is 5.76 Å². The molecule has 1 heterocycles. The number of sulfone groups is 1. The van der Waals surface area contributed by atoms with E-state index in [1.54, 1.807) is 42.5 Å². The van der Waals surface area contributed by atoms with Crippen molar-refractivity contribution in [2.45, 2.75) is 17.5 Å². The number of nitrogens with zero attached hydrogens (tertiary/aromatic N) is 1. The highest BCUT2D eigenvalue weighted by Crippen LogP contribution is 2.43. The summed E-state index contributed by atoms with van der Waals surface area (Å²) in [6.07, 6.45) is 0. The Kier molecular flexibility index (Phi) is 4.94. The maximum absolute atomic E-state index is 13.4. The zero-order valence-electron chi connectivity index (χ0n) is 15.5. The lowest BCUT2D eigenvalue weighted by Gasteiger charge is -2.27. The van der Waals surface area contributed by atoms with E-state index in [-0.39, 0.29) is 16.3 Å². The highest BCUT2D eigenvalue weighted by atomic mass is 32.2. The fraction of sp³-hybridized carbons (Fsp3) is 0.0870. The average molecular weight is 405 g/mol. The van der Waals surface area contributed by atoms with E-state index in [1.807, 2.05) is 36.4 Å². The molecule has 3 aromatic rings. The van der Waals surface area contributed by atoms with Gasteiger partial charge in [0.25, 0.3) is 5.91 Å². The highest BCUT2D eigenvalue weighted by Gasteiger charge is 2.46. The quantitative estimate of drug-likeness (QED) is 0.696. The largest absolute Gasteiger partial charge is 0.502 e. The fourth-order valence-corrected chi connectivity index (χ4v) is 5.21. The van der Waals surface area contributed by atoms with Crippen molar-refractivity contribution in [1.29, 1.82) is 0 Å².